The molecule has 2 atom stereocenters. The number of nitrogens with zero attached hydrogens (tertiary/aromatic N) is 2. The van der Waals surface area contributed by atoms with Crippen LogP contribution >= 0.6 is 0 Å². The Bertz CT molecular complexity index is 692. The average Bonchev–Trinajstić information content (AvgIpc) is 3.10. The van der Waals surface area contributed by atoms with Gasteiger partial charge in [-0.15, -0.1) is 0 Å². The van der Waals surface area contributed by atoms with E-state index in [0.29, 0.717) is 13.1 Å². The Morgan fingerprint density at radius 2 is 2.12 bits per heavy atom. The number of urea groups is 1. The summed E-state index contributed by atoms with van der Waals surface area (Å²) in [5.41, 5.74) is 1.84. The van der Waals surface area contributed by atoms with Crippen LogP contribution in [0.3, 0.4) is 0 Å². The fourth-order valence-corrected chi connectivity index (χ4v) is 3.13. The van der Waals surface area contributed by atoms with Gasteiger partial charge in [0.15, 0.2) is 0 Å². The summed E-state index contributed by atoms with van der Waals surface area (Å²) in [5.74, 6) is -0.258. The van der Waals surface area contributed by atoms with E-state index in [-0.39, 0.29) is 23.9 Å². The molecule has 0 bridgehead atoms. The molecule has 1 saturated heterocycles. The van der Waals surface area contributed by atoms with Crippen LogP contribution in [0.2, 0.25) is 0 Å². The third-order valence-corrected chi connectivity index (χ3v) is 4.39. The predicted octanol–water partition coefficient (Wildman–Crippen LogP) is 2.70. The third kappa shape index (κ3) is 4.33. The minimum Gasteiger partial charge on any atom is -0.338 e. The van der Waals surface area contributed by atoms with Gasteiger partial charge in [0.1, 0.15) is 5.82 Å². The standard InChI is InChI=1S/C19H23FN4O/c1-2-21-19(25)24-12-10-16(13-24)23-18(17-5-3-4-11-22-17)14-6-8-15(20)9-7-14/h3-9,11,16,18,23H,2,10,12-13H2,1H3,(H,21,25)/t16-,18-/m1/s1. The number of amides is 2. The minimum absolute atomic E-state index is 0.0250. The van der Waals surface area contributed by atoms with Crippen LogP contribution in [0.25, 0.3) is 0 Å². The van der Waals surface area contributed by atoms with Crippen molar-refractivity contribution in [2.75, 3.05) is 19.6 Å². The van der Waals surface area contributed by atoms with E-state index < -0.39 is 0 Å². The summed E-state index contributed by atoms with van der Waals surface area (Å²) in [5, 5.41) is 6.42. The second kappa shape index (κ2) is 8.07. The van der Waals surface area contributed by atoms with Crippen molar-refractivity contribution in [2.45, 2.75) is 25.4 Å². The number of hydrogen-bond donors (Lipinski definition) is 2. The van der Waals surface area contributed by atoms with Crippen LogP contribution in [0.5, 0.6) is 0 Å². The van der Waals surface area contributed by atoms with Gasteiger partial charge in [0.25, 0.3) is 0 Å². The molecule has 1 aliphatic rings. The zero-order chi connectivity index (χ0) is 17.6. The summed E-state index contributed by atoms with van der Waals surface area (Å²) in [6.45, 7) is 3.91. The molecule has 1 aliphatic heterocycles. The maximum Gasteiger partial charge on any atom is 0.317 e. The lowest BCUT2D eigenvalue weighted by atomic mass is 10.0. The van der Waals surface area contributed by atoms with E-state index in [9.17, 15) is 9.18 Å². The third-order valence-electron chi connectivity index (χ3n) is 4.39. The predicted molar refractivity (Wildman–Crippen MR) is 94.7 cm³/mol. The first-order valence-corrected chi connectivity index (χ1v) is 8.62. The highest BCUT2D eigenvalue weighted by Crippen LogP contribution is 2.23. The molecule has 1 aromatic carbocycles. The van der Waals surface area contributed by atoms with Gasteiger partial charge in [-0.1, -0.05) is 18.2 Å². The van der Waals surface area contributed by atoms with Gasteiger partial charge < -0.3 is 15.5 Å². The van der Waals surface area contributed by atoms with Crippen molar-refractivity contribution in [1.82, 2.24) is 20.5 Å². The van der Waals surface area contributed by atoms with Crippen LogP contribution in [0.15, 0.2) is 48.7 Å². The Kier molecular flexibility index (Phi) is 5.60. The van der Waals surface area contributed by atoms with Crippen LogP contribution in [-0.4, -0.2) is 41.6 Å². The quantitative estimate of drug-likeness (QED) is 0.878. The van der Waals surface area contributed by atoms with Gasteiger partial charge in [-0.25, -0.2) is 9.18 Å². The van der Waals surface area contributed by atoms with E-state index in [0.717, 1.165) is 24.2 Å². The monoisotopic (exact) mass is 342 g/mol. The second-order valence-corrected chi connectivity index (χ2v) is 6.17. The molecule has 6 heteroatoms. The maximum absolute atomic E-state index is 13.3. The van der Waals surface area contributed by atoms with E-state index in [1.54, 1.807) is 18.3 Å². The molecule has 2 amide bonds. The Balaban J connectivity index is 1.75. The zero-order valence-corrected chi connectivity index (χ0v) is 14.3. The highest BCUT2D eigenvalue weighted by molar-refractivity contribution is 5.74. The van der Waals surface area contributed by atoms with Gasteiger partial charge in [0.05, 0.1) is 11.7 Å². The molecule has 2 aromatic rings. The molecule has 2 N–H and O–H groups in total. The maximum atomic E-state index is 13.3. The van der Waals surface area contributed by atoms with Crippen molar-refractivity contribution in [3.8, 4) is 0 Å². The first-order valence-electron chi connectivity index (χ1n) is 8.62. The molecule has 0 spiro atoms. The number of halogens is 1. The van der Waals surface area contributed by atoms with Gasteiger partial charge in [0.2, 0.25) is 0 Å². The van der Waals surface area contributed by atoms with E-state index in [1.165, 1.54) is 12.1 Å². The van der Waals surface area contributed by atoms with Gasteiger partial charge in [0, 0.05) is 31.9 Å². The fourth-order valence-electron chi connectivity index (χ4n) is 3.13. The molecule has 0 saturated carbocycles. The molecule has 25 heavy (non-hydrogen) atoms. The van der Waals surface area contributed by atoms with Crippen molar-refractivity contribution >= 4 is 6.03 Å². The van der Waals surface area contributed by atoms with Crippen molar-refractivity contribution in [1.29, 1.82) is 0 Å². The van der Waals surface area contributed by atoms with Crippen LogP contribution in [0.4, 0.5) is 9.18 Å². The largest absolute Gasteiger partial charge is 0.338 e. The van der Waals surface area contributed by atoms with Crippen LogP contribution in [-0.2, 0) is 0 Å². The van der Waals surface area contributed by atoms with Crippen LogP contribution in [0, 0.1) is 5.82 Å². The highest BCUT2D eigenvalue weighted by Gasteiger charge is 2.28. The lowest BCUT2D eigenvalue weighted by Gasteiger charge is -2.23. The van der Waals surface area contributed by atoms with E-state index in [4.69, 9.17) is 0 Å². The Morgan fingerprint density at radius 3 is 2.80 bits per heavy atom. The number of pyridine rings is 1. The average molecular weight is 342 g/mol. The minimum atomic E-state index is -0.258. The highest BCUT2D eigenvalue weighted by atomic mass is 19.1. The molecule has 0 radical (unpaired) electrons. The summed E-state index contributed by atoms with van der Waals surface area (Å²) in [6.07, 6.45) is 2.63. The van der Waals surface area contributed by atoms with Gasteiger partial charge >= 0.3 is 6.03 Å². The second-order valence-electron chi connectivity index (χ2n) is 6.17. The fraction of sp³-hybridized carbons (Fsp3) is 0.368. The van der Waals surface area contributed by atoms with E-state index >= 15 is 0 Å². The number of likely N-dealkylation sites (tertiary alicyclic amines) is 1. The molecule has 1 fully saturated rings. The molecular formula is C19H23FN4O. The lowest BCUT2D eigenvalue weighted by Crippen LogP contribution is -2.41. The van der Waals surface area contributed by atoms with Crippen molar-refractivity contribution in [3.05, 3.63) is 65.7 Å². The molecule has 1 aromatic heterocycles. The van der Waals surface area contributed by atoms with Crippen molar-refractivity contribution < 1.29 is 9.18 Å². The molecular weight excluding hydrogens is 319 g/mol. The zero-order valence-electron chi connectivity index (χ0n) is 14.3. The molecule has 0 aliphatic carbocycles. The first-order chi connectivity index (χ1) is 12.2. The Morgan fingerprint density at radius 1 is 1.32 bits per heavy atom. The number of rotatable bonds is 5. The van der Waals surface area contributed by atoms with E-state index in [2.05, 4.69) is 15.6 Å². The summed E-state index contributed by atoms with van der Waals surface area (Å²) in [4.78, 5) is 18.3. The first kappa shape index (κ1) is 17.4. The summed E-state index contributed by atoms with van der Waals surface area (Å²) in [6, 6.07) is 12.2. The van der Waals surface area contributed by atoms with Crippen LogP contribution < -0.4 is 10.6 Å². The molecule has 3 rings (SSSR count). The van der Waals surface area contributed by atoms with Crippen molar-refractivity contribution in [2.24, 2.45) is 0 Å². The molecule has 0 unspecified atom stereocenters. The topological polar surface area (TPSA) is 57.3 Å². The molecule has 5 nitrogen and oxygen atoms in total. The number of carbonyl (C=O) groups is 1. The Hall–Kier alpha value is -2.47. The van der Waals surface area contributed by atoms with Gasteiger partial charge in [-0.3, -0.25) is 4.98 Å². The molecule has 132 valence electrons. The number of benzene rings is 1. The number of nitrogens with one attached hydrogen (secondary N) is 2. The van der Waals surface area contributed by atoms with Crippen molar-refractivity contribution in [3.63, 3.8) is 0 Å². The molecule has 2 heterocycles. The van der Waals surface area contributed by atoms with Gasteiger partial charge in [-0.2, -0.15) is 0 Å². The summed E-state index contributed by atoms with van der Waals surface area (Å²) in [7, 11) is 0. The smallest absolute Gasteiger partial charge is 0.317 e. The normalized spacial score (nSPS) is 18.2. The number of aromatic nitrogens is 1. The lowest BCUT2D eigenvalue weighted by molar-refractivity contribution is 0.208. The van der Waals surface area contributed by atoms with E-state index in [1.807, 2.05) is 30.0 Å². The summed E-state index contributed by atoms with van der Waals surface area (Å²) >= 11 is 0. The van der Waals surface area contributed by atoms with Gasteiger partial charge in [-0.05, 0) is 43.2 Å². The van der Waals surface area contributed by atoms with Crippen LogP contribution in [0.1, 0.15) is 30.6 Å². The number of hydrogen-bond acceptors (Lipinski definition) is 3. The Labute approximate surface area is 147 Å². The number of carbonyl (C=O) groups excluding carboxylic acids is 1. The SMILES string of the molecule is CCNC(=O)N1CC[C@@H](N[C@H](c2ccc(F)cc2)c2ccccn2)C1. The summed E-state index contributed by atoms with van der Waals surface area (Å²) < 4.78 is 13.3.